The summed E-state index contributed by atoms with van der Waals surface area (Å²) in [6.45, 7) is 10.8. The maximum atomic E-state index is 13.4. The van der Waals surface area contributed by atoms with E-state index in [2.05, 4.69) is 6.92 Å². The summed E-state index contributed by atoms with van der Waals surface area (Å²) >= 11 is 0. The lowest BCUT2D eigenvalue weighted by Crippen LogP contribution is -2.56. The van der Waals surface area contributed by atoms with Gasteiger partial charge in [0.2, 0.25) is 5.78 Å². The average Bonchev–Trinajstić information content (AvgIpc) is 2.96. The quantitative estimate of drug-likeness (QED) is 0.741. The molecule has 0 aliphatic heterocycles. The Morgan fingerprint density at radius 2 is 1.93 bits per heavy atom. The second-order valence-electron chi connectivity index (χ2n) is 8.47. The first-order chi connectivity index (χ1) is 12.6. The molecule has 1 aromatic heterocycles. The standard InChI is InChI=1S/C21H28O6/c1-10(2)20(24)27-14-8-7-12(4)21(6)16(14)17(23)18-15(11(3)9-25-18)19(21)26-13(5)22/h9-10,12,14,16,19H,7-8H2,1-6H3/t12-,14-,16-,19+,21+/m0/s1. The predicted octanol–water partition coefficient (Wildman–Crippen LogP) is 4.01. The Labute approximate surface area is 159 Å². The number of fused-ring (bicyclic) bond motifs is 2. The molecule has 0 N–H and O–H groups in total. The van der Waals surface area contributed by atoms with Crippen LogP contribution in [0, 0.1) is 30.1 Å². The number of carbonyl (C=O) groups is 3. The molecule has 2 aliphatic rings. The molecular weight excluding hydrogens is 348 g/mol. The Kier molecular flexibility index (Phi) is 4.95. The van der Waals surface area contributed by atoms with Gasteiger partial charge in [-0.05, 0) is 31.2 Å². The van der Waals surface area contributed by atoms with Gasteiger partial charge in [0.1, 0.15) is 12.2 Å². The van der Waals surface area contributed by atoms with Crippen molar-refractivity contribution in [1.82, 2.24) is 0 Å². The van der Waals surface area contributed by atoms with Gasteiger partial charge in [-0.15, -0.1) is 0 Å². The number of esters is 2. The van der Waals surface area contributed by atoms with Crippen molar-refractivity contribution in [3.8, 4) is 0 Å². The van der Waals surface area contributed by atoms with Crippen LogP contribution in [0.15, 0.2) is 10.7 Å². The number of aryl methyl sites for hydroxylation is 1. The highest BCUT2D eigenvalue weighted by molar-refractivity contribution is 6.00. The Hall–Kier alpha value is -2.11. The van der Waals surface area contributed by atoms with Crippen LogP contribution < -0.4 is 0 Å². The van der Waals surface area contributed by atoms with Gasteiger partial charge < -0.3 is 13.9 Å². The average molecular weight is 376 g/mol. The van der Waals surface area contributed by atoms with Crippen LogP contribution in [0.4, 0.5) is 0 Å². The van der Waals surface area contributed by atoms with Crippen molar-refractivity contribution in [2.75, 3.05) is 0 Å². The number of hydrogen-bond donors (Lipinski definition) is 0. The smallest absolute Gasteiger partial charge is 0.308 e. The van der Waals surface area contributed by atoms with Crippen molar-refractivity contribution in [1.29, 1.82) is 0 Å². The molecule has 3 rings (SSSR count). The van der Waals surface area contributed by atoms with Crippen LogP contribution in [0.2, 0.25) is 0 Å². The van der Waals surface area contributed by atoms with Crippen LogP contribution in [-0.4, -0.2) is 23.8 Å². The molecule has 2 aliphatic carbocycles. The minimum atomic E-state index is -0.676. The van der Waals surface area contributed by atoms with Crippen molar-refractivity contribution in [3.05, 3.63) is 23.2 Å². The van der Waals surface area contributed by atoms with Crippen LogP contribution in [-0.2, 0) is 19.1 Å². The largest absolute Gasteiger partial charge is 0.461 e. The lowest BCUT2D eigenvalue weighted by Gasteiger charge is -2.53. The molecule has 0 spiro atoms. The Balaban J connectivity index is 2.13. The van der Waals surface area contributed by atoms with Crippen molar-refractivity contribution < 1.29 is 28.3 Å². The summed E-state index contributed by atoms with van der Waals surface area (Å²) in [5, 5.41) is 0. The number of Topliss-reactive ketones (excluding diaryl/α,β-unsaturated/α-hetero) is 1. The molecule has 5 atom stereocenters. The highest BCUT2D eigenvalue weighted by Gasteiger charge is 2.62. The lowest BCUT2D eigenvalue weighted by molar-refractivity contribution is -0.182. The number of ether oxygens (including phenoxy) is 2. The highest BCUT2D eigenvalue weighted by Crippen LogP contribution is 2.60. The molecule has 1 fully saturated rings. The van der Waals surface area contributed by atoms with E-state index in [1.165, 1.54) is 13.2 Å². The number of furan rings is 1. The Bertz CT molecular complexity index is 776. The minimum absolute atomic E-state index is 0.104. The van der Waals surface area contributed by atoms with Gasteiger partial charge in [0.05, 0.1) is 18.1 Å². The van der Waals surface area contributed by atoms with Gasteiger partial charge in [0.25, 0.3) is 0 Å². The fourth-order valence-corrected chi connectivity index (χ4v) is 4.66. The second-order valence-corrected chi connectivity index (χ2v) is 8.47. The van der Waals surface area contributed by atoms with E-state index in [9.17, 15) is 14.4 Å². The molecule has 0 saturated heterocycles. The van der Waals surface area contributed by atoms with Gasteiger partial charge >= 0.3 is 11.9 Å². The summed E-state index contributed by atoms with van der Waals surface area (Å²) in [4.78, 5) is 37.5. The van der Waals surface area contributed by atoms with Crippen molar-refractivity contribution in [2.45, 2.75) is 66.6 Å². The molecular formula is C21H28O6. The van der Waals surface area contributed by atoms with Crippen molar-refractivity contribution in [3.63, 3.8) is 0 Å². The van der Waals surface area contributed by atoms with Gasteiger partial charge in [-0.3, -0.25) is 14.4 Å². The molecule has 27 heavy (non-hydrogen) atoms. The first-order valence-corrected chi connectivity index (χ1v) is 9.58. The van der Waals surface area contributed by atoms with Crippen LogP contribution in [0.1, 0.15) is 75.2 Å². The molecule has 0 unspecified atom stereocenters. The summed E-state index contributed by atoms with van der Waals surface area (Å²) in [7, 11) is 0. The van der Waals surface area contributed by atoms with Crippen molar-refractivity contribution in [2.24, 2.45) is 23.2 Å². The zero-order valence-electron chi connectivity index (χ0n) is 16.8. The molecule has 0 aromatic carbocycles. The van der Waals surface area contributed by atoms with Crippen LogP contribution in [0.25, 0.3) is 0 Å². The Morgan fingerprint density at radius 3 is 2.52 bits per heavy atom. The number of ketones is 1. The zero-order chi connectivity index (χ0) is 20.1. The first-order valence-electron chi connectivity index (χ1n) is 9.58. The minimum Gasteiger partial charge on any atom is -0.461 e. The third kappa shape index (κ3) is 2.99. The van der Waals surface area contributed by atoms with E-state index in [1.807, 2.05) is 13.8 Å². The van der Waals surface area contributed by atoms with Gasteiger partial charge in [-0.1, -0.05) is 27.7 Å². The summed E-state index contributed by atoms with van der Waals surface area (Å²) in [6.07, 6.45) is 1.75. The van der Waals surface area contributed by atoms with E-state index in [0.717, 1.165) is 12.0 Å². The van der Waals surface area contributed by atoms with E-state index in [-0.39, 0.29) is 29.3 Å². The summed E-state index contributed by atoms with van der Waals surface area (Å²) in [6, 6.07) is 0. The maximum absolute atomic E-state index is 13.4. The monoisotopic (exact) mass is 376 g/mol. The number of rotatable bonds is 3. The Morgan fingerprint density at radius 1 is 1.26 bits per heavy atom. The molecule has 1 aromatic rings. The van der Waals surface area contributed by atoms with Gasteiger partial charge in [-0.25, -0.2) is 0 Å². The summed E-state index contributed by atoms with van der Waals surface area (Å²) < 4.78 is 17.1. The molecule has 1 heterocycles. The molecule has 148 valence electrons. The van der Waals surface area contributed by atoms with E-state index < -0.39 is 29.5 Å². The van der Waals surface area contributed by atoms with E-state index >= 15 is 0 Å². The van der Waals surface area contributed by atoms with E-state index in [4.69, 9.17) is 13.9 Å². The van der Waals surface area contributed by atoms with E-state index in [0.29, 0.717) is 12.0 Å². The van der Waals surface area contributed by atoms with Crippen LogP contribution >= 0.6 is 0 Å². The topological polar surface area (TPSA) is 82.8 Å². The summed E-state index contributed by atoms with van der Waals surface area (Å²) in [5.74, 6) is -1.46. The SMILES string of the molecule is CC(=O)O[C@@H]1c2c(C)coc2C(=O)[C@@H]2[C@@H](OC(=O)C(C)C)CC[C@H](C)[C@@]12C. The van der Waals surface area contributed by atoms with Crippen LogP contribution in [0.3, 0.4) is 0 Å². The molecule has 0 amide bonds. The van der Waals surface area contributed by atoms with Gasteiger partial charge in [0, 0.05) is 17.9 Å². The molecule has 1 saturated carbocycles. The second kappa shape index (κ2) is 6.80. The maximum Gasteiger partial charge on any atom is 0.308 e. The fourth-order valence-electron chi connectivity index (χ4n) is 4.66. The normalized spacial score (nSPS) is 32.6. The van der Waals surface area contributed by atoms with Crippen LogP contribution in [0.5, 0.6) is 0 Å². The third-order valence-corrected chi connectivity index (χ3v) is 6.37. The summed E-state index contributed by atoms with van der Waals surface area (Å²) in [5.41, 5.74) is 0.763. The lowest BCUT2D eigenvalue weighted by atomic mass is 9.53. The zero-order valence-corrected chi connectivity index (χ0v) is 16.8. The number of hydrogen-bond acceptors (Lipinski definition) is 6. The highest BCUT2D eigenvalue weighted by atomic mass is 16.6. The van der Waals surface area contributed by atoms with Crippen molar-refractivity contribution >= 4 is 17.7 Å². The van der Waals surface area contributed by atoms with Gasteiger partial charge in [-0.2, -0.15) is 0 Å². The molecule has 6 heteroatoms. The molecule has 0 bridgehead atoms. The molecule has 6 nitrogen and oxygen atoms in total. The van der Waals surface area contributed by atoms with E-state index in [1.54, 1.807) is 13.8 Å². The van der Waals surface area contributed by atoms with Gasteiger partial charge in [0.15, 0.2) is 5.76 Å². The fraction of sp³-hybridized carbons (Fsp3) is 0.667. The number of carbonyl (C=O) groups excluding carboxylic acids is 3. The predicted molar refractivity (Wildman–Crippen MR) is 97.0 cm³/mol. The first kappa shape index (κ1) is 19.6. The molecule has 0 radical (unpaired) electrons. The third-order valence-electron chi connectivity index (χ3n) is 6.37.